The summed E-state index contributed by atoms with van der Waals surface area (Å²) in [6.45, 7) is 3.44. The number of rotatable bonds is 12. The van der Waals surface area contributed by atoms with E-state index in [0.29, 0.717) is 59.4 Å². The topological polar surface area (TPSA) is 101 Å². The van der Waals surface area contributed by atoms with Crippen molar-refractivity contribution in [1.82, 2.24) is 15.2 Å². The van der Waals surface area contributed by atoms with Crippen LogP contribution in [0.15, 0.2) is 66.7 Å². The molecule has 2 fully saturated rings. The van der Waals surface area contributed by atoms with Crippen LogP contribution in [0.3, 0.4) is 0 Å². The Bertz CT molecular complexity index is 1920. The van der Waals surface area contributed by atoms with Crippen molar-refractivity contribution < 1.29 is 24.2 Å². The molecule has 1 saturated carbocycles. The zero-order chi connectivity index (χ0) is 35.5. The highest BCUT2D eigenvalue weighted by Gasteiger charge is 2.30. The van der Waals surface area contributed by atoms with Crippen LogP contribution in [-0.2, 0) is 29.1 Å². The van der Waals surface area contributed by atoms with Gasteiger partial charge < -0.3 is 19.9 Å². The van der Waals surface area contributed by atoms with Gasteiger partial charge in [0.15, 0.2) is 0 Å². The molecule has 2 N–H and O–H groups in total. The molecular weight excluding hydrogens is 685 g/mol. The second-order valence-electron chi connectivity index (χ2n) is 14.0. The van der Waals surface area contributed by atoms with Crippen molar-refractivity contribution in [1.29, 1.82) is 0 Å². The number of nitrogens with one attached hydrogen (secondary N) is 1. The number of aromatic nitrogens is 1. The Morgan fingerprint density at radius 2 is 1.76 bits per heavy atom. The van der Waals surface area contributed by atoms with Crippen molar-refractivity contribution in [3.05, 3.63) is 99.0 Å². The maximum absolute atomic E-state index is 11.6. The quantitative estimate of drug-likeness (QED) is 0.150. The van der Waals surface area contributed by atoms with E-state index in [2.05, 4.69) is 69.8 Å². The third-order valence-corrected chi connectivity index (χ3v) is 11.2. The van der Waals surface area contributed by atoms with Crippen LogP contribution in [0, 0.1) is 11.8 Å². The zero-order valence-corrected chi connectivity index (χ0v) is 30.3. The number of carboxylic acid groups (broad SMARTS) is 1. The maximum atomic E-state index is 11.6. The summed E-state index contributed by atoms with van der Waals surface area (Å²) < 4.78 is 12.1. The number of nitrogens with zero attached hydrogens (tertiary/aromatic N) is 2. The molecule has 0 spiro atoms. The van der Waals surface area contributed by atoms with Gasteiger partial charge in [-0.15, -0.1) is 0 Å². The number of carbonyl (C=O) groups is 2. The van der Waals surface area contributed by atoms with Crippen LogP contribution in [0.25, 0.3) is 22.3 Å². The lowest BCUT2D eigenvalue weighted by atomic mass is 9.93. The van der Waals surface area contributed by atoms with Crippen LogP contribution in [0.5, 0.6) is 11.8 Å². The minimum Gasteiger partial charge on any atom is -0.481 e. The average molecular weight is 729 g/mol. The number of piperidine rings is 1. The van der Waals surface area contributed by atoms with E-state index in [9.17, 15) is 14.7 Å². The van der Waals surface area contributed by atoms with Crippen LogP contribution < -0.4 is 14.8 Å². The Morgan fingerprint density at radius 3 is 2.53 bits per heavy atom. The van der Waals surface area contributed by atoms with Crippen molar-refractivity contribution >= 4 is 35.0 Å². The molecule has 0 radical (unpaired) electrons. The van der Waals surface area contributed by atoms with Crippen LogP contribution in [0.4, 0.5) is 0 Å². The molecule has 3 aromatic carbocycles. The predicted octanol–water partition coefficient (Wildman–Crippen LogP) is 8.55. The molecule has 3 atom stereocenters. The number of hydrogen-bond acceptors (Lipinski definition) is 7. The second kappa shape index (κ2) is 15.7. The lowest BCUT2D eigenvalue weighted by molar-refractivity contribution is -0.143. The first-order chi connectivity index (χ1) is 24.8. The molecule has 10 heteroatoms. The number of Topliss-reactive ketones (excluding diaryl/α,β-unsaturated/α-hetero) is 1. The van der Waals surface area contributed by atoms with E-state index in [-0.39, 0.29) is 12.0 Å². The van der Waals surface area contributed by atoms with Crippen LogP contribution in [0.2, 0.25) is 10.0 Å². The van der Waals surface area contributed by atoms with E-state index >= 15 is 0 Å². The number of likely N-dealkylation sites (tertiary alicyclic amines) is 1. The number of ketones is 1. The molecule has 4 aromatic rings. The number of carbonyl (C=O) groups excluding carboxylic acids is 1. The number of aliphatic carboxylic acids is 1. The Kier molecular flexibility index (Phi) is 10.9. The lowest BCUT2D eigenvalue weighted by Gasteiger charge is -2.30. The molecule has 1 aliphatic heterocycles. The SMILES string of the molecule is COc1nc(O[C@H]2CCc3c(-c4cccc(-c5ccc(CNC[C@@H]6CCC(=O)C6)cc5)c4Cl)cccc32)c(Cl)cc1CN1CCC[C@H](C(=O)O)C1. The van der Waals surface area contributed by atoms with E-state index in [0.717, 1.165) is 85.1 Å². The van der Waals surface area contributed by atoms with Gasteiger partial charge in [-0.2, -0.15) is 4.98 Å². The first-order valence-electron chi connectivity index (χ1n) is 17.8. The van der Waals surface area contributed by atoms with E-state index in [1.807, 2.05) is 12.1 Å². The first kappa shape index (κ1) is 35.5. The highest BCUT2D eigenvalue weighted by molar-refractivity contribution is 6.36. The standard InChI is InChI=1S/C41H43Cl2N3O5/c1-50-39-29(24-46-18-4-5-28(23-46)41(48)49)20-36(42)40(45-39)51-37-17-16-33-32(7-3-8-34(33)37)35-9-2-6-31(38(35)43)27-13-10-25(11-14-27)21-44-22-26-12-15-30(47)19-26/h2-3,6-11,13-14,20,26,28,37,44H,4-5,12,15-19,21-24H2,1H3,(H,48,49)/t26-,28+,37+/m1/s1. The van der Waals surface area contributed by atoms with Gasteiger partial charge in [-0.25, -0.2) is 0 Å². The summed E-state index contributed by atoms with van der Waals surface area (Å²) in [7, 11) is 1.57. The summed E-state index contributed by atoms with van der Waals surface area (Å²) in [5.41, 5.74) is 8.38. The number of hydrogen-bond donors (Lipinski definition) is 2. The van der Waals surface area contributed by atoms with Gasteiger partial charge in [-0.1, -0.05) is 83.9 Å². The molecule has 2 aliphatic carbocycles. The highest BCUT2D eigenvalue weighted by atomic mass is 35.5. The summed E-state index contributed by atoms with van der Waals surface area (Å²) in [5, 5.41) is 14.1. The molecule has 0 bridgehead atoms. The van der Waals surface area contributed by atoms with Crippen LogP contribution >= 0.6 is 23.2 Å². The largest absolute Gasteiger partial charge is 0.481 e. The smallest absolute Gasteiger partial charge is 0.307 e. The van der Waals surface area contributed by atoms with Gasteiger partial charge in [0.2, 0.25) is 11.8 Å². The van der Waals surface area contributed by atoms with Gasteiger partial charge in [0.25, 0.3) is 0 Å². The molecule has 1 aromatic heterocycles. The number of halogens is 2. The predicted molar refractivity (Wildman–Crippen MR) is 200 cm³/mol. The van der Waals surface area contributed by atoms with E-state index in [4.69, 9.17) is 32.7 Å². The normalized spacial score (nSPS) is 20.4. The van der Waals surface area contributed by atoms with E-state index < -0.39 is 5.97 Å². The molecule has 3 aliphatic rings. The number of fused-ring (bicyclic) bond motifs is 1. The third-order valence-electron chi connectivity index (χ3n) is 10.6. The van der Waals surface area contributed by atoms with Gasteiger partial charge >= 0.3 is 5.97 Å². The fourth-order valence-electron chi connectivity index (χ4n) is 7.89. The number of pyridine rings is 1. The number of methoxy groups -OCH3 is 1. The summed E-state index contributed by atoms with van der Waals surface area (Å²) in [6.07, 6.45) is 5.28. The molecule has 51 heavy (non-hydrogen) atoms. The number of carboxylic acids is 1. The van der Waals surface area contributed by atoms with Gasteiger partial charge in [-0.3, -0.25) is 14.5 Å². The highest BCUT2D eigenvalue weighted by Crippen LogP contribution is 2.45. The van der Waals surface area contributed by atoms with Gasteiger partial charge in [0, 0.05) is 49.2 Å². The van der Waals surface area contributed by atoms with E-state index in [1.165, 1.54) is 11.1 Å². The minimum absolute atomic E-state index is 0.240. The number of ether oxygens (including phenoxy) is 2. The van der Waals surface area contributed by atoms with Crippen molar-refractivity contribution in [2.24, 2.45) is 11.8 Å². The van der Waals surface area contributed by atoms with Gasteiger partial charge in [-0.05, 0) is 85.0 Å². The molecular formula is C41H43Cl2N3O5. The summed E-state index contributed by atoms with van der Waals surface area (Å²) in [6, 6.07) is 22.8. The Hall–Kier alpha value is -3.95. The van der Waals surface area contributed by atoms with Crippen molar-refractivity contribution in [3.63, 3.8) is 0 Å². The van der Waals surface area contributed by atoms with Crippen LogP contribution in [0.1, 0.15) is 66.9 Å². The summed E-state index contributed by atoms with van der Waals surface area (Å²) in [5.74, 6) is 0.445. The first-order valence-corrected chi connectivity index (χ1v) is 18.6. The van der Waals surface area contributed by atoms with Crippen molar-refractivity contribution in [3.8, 4) is 34.0 Å². The fourth-order valence-corrected chi connectivity index (χ4v) is 8.44. The lowest BCUT2D eigenvalue weighted by Crippen LogP contribution is -2.38. The molecule has 266 valence electrons. The molecule has 0 amide bonds. The zero-order valence-electron chi connectivity index (χ0n) is 28.8. The third kappa shape index (κ3) is 7.95. The van der Waals surface area contributed by atoms with E-state index in [1.54, 1.807) is 7.11 Å². The van der Waals surface area contributed by atoms with Gasteiger partial charge in [0.1, 0.15) is 16.9 Å². The Labute approximate surface area is 309 Å². The monoisotopic (exact) mass is 727 g/mol. The van der Waals surface area contributed by atoms with Crippen molar-refractivity contribution in [2.45, 2.75) is 64.1 Å². The Balaban J connectivity index is 1.05. The Morgan fingerprint density at radius 1 is 0.980 bits per heavy atom. The van der Waals surface area contributed by atoms with Crippen molar-refractivity contribution in [2.75, 3.05) is 26.7 Å². The second-order valence-corrected chi connectivity index (χ2v) is 14.8. The average Bonchev–Trinajstić information content (AvgIpc) is 3.75. The molecule has 0 unspecified atom stereocenters. The summed E-state index contributed by atoms with van der Waals surface area (Å²) >= 11 is 13.9. The molecule has 8 nitrogen and oxygen atoms in total. The minimum atomic E-state index is -0.758. The molecule has 7 rings (SSSR count). The maximum Gasteiger partial charge on any atom is 0.307 e. The molecule has 2 heterocycles. The fraction of sp³-hybridized carbons (Fsp3) is 0.390. The van der Waals surface area contributed by atoms with Crippen LogP contribution in [-0.4, -0.2) is 53.5 Å². The summed E-state index contributed by atoms with van der Waals surface area (Å²) in [4.78, 5) is 29.9. The molecule has 1 saturated heterocycles. The number of benzene rings is 3. The van der Waals surface area contributed by atoms with Gasteiger partial charge in [0.05, 0.1) is 18.1 Å².